The van der Waals surface area contributed by atoms with Crippen LogP contribution >= 0.6 is 23.2 Å². The number of furan rings is 1. The Morgan fingerprint density at radius 1 is 1.08 bits per heavy atom. The van der Waals surface area contributed by atoms with E-state index in [4.69, 9.17) is 32.4 Å². The predicted octanol–water partition coefficient (Wildman–Crippen LogP) is 4.67. The number of ether oxygens (including phenoxy) is 1. The molecule has 2 aromatic carbocycles. The third-order valence-corrected chi connectivity index (χ3v) is 3.69. The van der Waals surface area contributed by atoms with Crippen molar-refractivity contribution in [3.8, 4) is 0 Å². The van der Waals surface area contributed by atoms with Crippen LogP contribution in [-0.2, 0) is 9.53 Å². The molecule has 1 amide bonds. The van der Waals surface area contributed by atoms with Crippen LogP contribution in [0.25, 0.3) is 11.0 Å². The van der Waals surface area contributed by atoms with E-state index in [9.17, 15) is 14.0 Å². The molecule has 0 fully saturated rings. The molecule has 0 atom stereocenters. The summed E-state index contributed by atoms with van der Waals surface area (Å²) in [6.07, 6.45) is 0. The van der Waals surface area contributed by atoms with Gasteiger partial charge in [-0.1, -0.05) is 23.2 Å². The van der Waals surface area contributed by atoms with Crippen LogP contribution in [0.3, 0.4) is 0 Å². The Labute approximate surface area is 151 Å². The molecule has 0 saturated heterocycles. The van der Waals surface area contributed by atoms with Gasteiger partial charge in [0.1, 0.15) is 11.4 Å². The topological polar surface area (TPSA) is 68.5 Å². The summed E-state index contributed by atoms with van der Waals surface area (Å²) in [6.45, 7) is -0.599. The molecule has 0 aliphatic heterocycles. The van der Waals surface area contributed by atoms with Gasteiger partial charge in [-0.15, -0.1) is 0 Å². The molecule has 0 aliphatic rings. The molecule has 0 unspecified atom stereocenters. The first-order chi connectivity index (χ1) is 11.9. The Kier molecular flexibility index (Phi) is 4.92. The molecule has 0 saturated carbocycles. The largest absolute Gasteiger partial charge is 0.450 e. The van der Waals surface area contributed by atoms with E-state index < -0.39 is 24.3 Å². The van der Waals surface area contributed by atoms with Gasteiger partial charge in [-0.2, -0.15) is 0 Å². The lowest BCUT2D eigenvalue weighted by molar-refractivity contribution is -0.119. The standard InChI is InChI=1S/C17H10Cl2FNO4/c18-10-2-4-14-9(5-10)6-15(25-14)17(23)24-8-16(22)21-13-3-1-11(19)7-12(13)20/h1-7H,8H2,(H,21,22). The summed E-state index contributed by atoms with van der Waals surface area (Å²) < 4.78 is 23.8. The number of halogens is 3. The second kappa shape index (κ2) is 7.13. The van der Waals surface area contributed by atoms with Gasteiger partial charge < -0.3 is 14.5 Å². The minimum atomic E-state index is -0.820. The molecule has 3 rings (SSSR count). The van der Waals surface area contributed by atoms with Crippen LogP contribution in [0.15, 0.2) is 46.9 Å². The molecule has 0 spiro atoms. The second-order valence-corrected chi connectivity index (χ2v) is 5.91. The Balaban J connectivity index is 1.61. The maximum absolute atomic E-state index is 13.6. The zero-order chi connectivity index (χ0) is 18.0. The number of hydrogen-bond acceptors (Lipinski definition) is 4. The summed E-state index contributed by atoms with van der Waals surface area (Å²) in [5.74, 6) is -2.28. The van der Waals surface area contributed by atoms with Crippen LogP contribution < -0.4 is 5.32 Å². The first-order valence-corrected chi connectivity index (χ1v) is 7.79. The summed E-state index contributed by atoms with van der Waals surface area (Å²) in [4.78, 5) is 23.7. The maximum Gasteiger partial charge on any atom is 0.374 e. The number of nitrogens with one attached hydrogen (secondary N) is 1. The van der Waals surface area contributed by atoms with Crippen molar-refractivity contribution in [2.75, 3.05) is 11.9 Å². The van der Waals surface area contributed by atoms with Crippen molar-refractivity contribution < 1.29 is 23.1 Å². The van der Waals surface area contributed by atoms with Crippen LogP contribution in [0, 0.1) is 5.82 Å². The highest BCUT2D eigenvalue weighted by molar-refractivity contribution is 6.31. The molecule has 1 aromatic heterocycles. The number of anilines is 1. The molecule has 5 nitrogen and oxygen atoms in total. The molecule has 1 N–H and O–H groups in total. The molecular weight excluding hydrogens is 372 g/mol. The van der Waals surface area contributed by atoms with Gasteiger partial charge in [0.2, 0.25) is 5.76 Å². The highest BCUT2D eigenvalue weighted by atomic mass is 35.5. The number of carbonyl (C=O) groups excluding carboxylic acids is 2. The fraction of sp³-hybridized carbons (Fsp3) is 0.0588. The Bertz CT molecular complexity index is 970. The number of fused-ring (bicyclic) bond motifs is 1. The van der Waals surface area contributed by atoms with Crippen molar-refractivity contribution in [1.29, 1.82) is 0 Å². The Morgan fingerprint density at radius 3 is 2.56 bits per heavy atom. The number of amides is 1. The third-order valence-electron chi connectivity index (χ3n) is 3.22. The minimum Gasteiger partial charge on any atom is -0.450 e. The number of carbonyl (C=O) groups is 2. The van der Waals surface area contributed by atoms with Gasteiger partial charge in [-0.05, 0) is 42.5 Å². The molecule has 128 valence electrons. The summed E-state index contributed by atoms with van der Waals surface area (Å²) >= 11 is 11.5. The SMILES string of the molecule is O=C(COC(=O)c1cc2cc(Cl)ccc2o1)Nc1ccc(Cl)cc1F. The summed E-state index contributed by atoms with van der Waals surface area (Å²) in [6, 6.07) is 10.1. The summed E-state index contributed by atoms with van der Waals surface area (Å²) in [5, 5.41) is 3.61. The average molecular weight is 382 g/mol. The zero-order valence-corrected chi connectivity index (χ0v) is 14.0. The van der Waals surface area contributed by atoms with Crippen molar-refractivity contribution in [3.63, 3.8) is 0 Å². The predicted molar refractivity (Wildman–Crippen MR) is 91.5 cm³/mol. The van der Waals surface area contributed by atoms with Gasteiger partial charge in [0, 0.05) is 15.4 Å². The highest BCUT2D eigenvalue weighted by Gasteiger charge is 2.16. The normalized spacial score (nSPS) is 10.7. The molecule has 0 aliphatic carbocycles. The molecular formula is C17H10Cl2FNO4. The molecule has 0 bridgehead atoms. The van der Waals surface area contributed by atoms with E-state index in [0.717, 1.165) is 6.07 Å². The highest BCUT2D eigenvalue weighted by Crippen LogP contribution is 2.23. The van der Waals surface area contributed by atoms with Crippen molar-refractivity contribution in [2.24, 2.45) is 0 Å². The van der Waals surface area contributed by atoms with E-state index >= 15 is 0 Å². The van der Waals surface area contributed by atoms with Crippen molar-refractivity contribution in [2.45, 2.75) is 0 Å². The van der Waals surface area contributed by atoms with Gasteiger partial charge in [-0.25, -0.2) is 9.18 Å². The monoisotopic (exact) mass is 381 g/mol. The smallest absolute Gasteiger partial charge is 0.374 e. The molecule has 3 aromatic rings. The lowest BCUT2D eigenvalue weighted by Gasteiger charge is -2.06. The van der Waals surface area contributed by atoms with Crippen LogP contribution in [0.4, 0.5) is 10.1 Å². The fourth-order valence-corrected chi connectivity index (χ4v) is 2.43. The average Bonchev–Trinajstić information content (AvgIpc) is 2.98. The summed E-state index contributed by atoms with van der Waals surface area (Å²) in [5.41, 5.74) is 0.396. The van der Waals surface area contributed by atoms with Crippen LogP contribution in [0.1, 0.15) is 10.6 Å². The van der Waals surface area contributed by atoms with E-state index in [1.807, 2.05) is 0 Å². The number of hydrogen-bond donors (Lipinski definition) is 1. The number of esters is 1. The molecule has 25 heavy (non-hydrogen) atoms. The van der Waals surface area contributed by atoms with Crippen LogP contribution in [-0.4, -0.2) is 18.5 Å². The number of benzene rings is 2. The first-order valence-electron chi connectivity index (χ1n) is 7.03. The summed E-state index contributed by atoms with van der Waals surface area (Å²) in [7, 11) is 0. The minimum absolute atomic E-state index is 0.0659. The third kappa shape index (κ3) is 4.10. The van der Waals surface area contributed by atoms with Crippen molar-refractivity contribution >= 4 is 51.7 Å². The van der Waals surface area contributed by atoms with Gasteiger partial charge in [-0.3, -0.25) is 4.79 Å². The van der Waals surface area contributed by atoms with Crippen molar-refractivity contribution in [1.82, 2.24) is 0 Å². The fourth-order valence-electron chi connectivity index (χ4n) is 2.09. The van der Waals surface area contributed by atoms with Crippen LogP contribution in [0.5, 0.6) is 0 Å². The zero-order valence-electron chi connectivity index (χ0n) is 12.5. The number of rotatable bonds is 4. The van der Waals surface area contributed by atoms with E-state index in [1.165, 1.54) is 18.2 Å². The quantitative estimate of drug-likeness (QED) is 0.666. The lowest BCUT2D eigenvalue weighted by Crippen LogP contribution is -2.21. The maximum atomic E-state index is 13.6. The van der Waals surface area contributed by atoms with Gasteiger partial charge in [0.25, 0.3) is 5.91 Å². The Hall–Kier alpha value is -2.57. The molecule has 0 radical (unpaired) electrons. The second-order valence-electron chi connectivity index (χ2n) is 5.04. The van der Waals surface area contributed by atoms with Crippen molar-refractivity contribution in [3.05, 3.63) is 64.1 Å². The molecule has 1 heterocycles. The van der Waals surface area contributed by atoms with E-state index in [1.54, 1.807) is 18.2 Å². The Morgan fingerprint density at radius 2 is 1.80 bits per heavy atom. The van der Waals surface area contributed by atoms with Gasteiger partial charge in [0.05, 0.1) is 5.69 Å². The van der Waals surface area contributed by atoms with Gasteiger partial charge >= 0.3 is 5.97 Å². The first kappa shape index (κ1) is 17.3. The van der Waals surface area contributed by atoms with E-state index in [-0.39, 0.29) is 16.5 Å². The van der Waals surface area contributed by atoms with Crippen LogP contribution in [0.2, 0.25) is 10.0 Å². The van der Waals surface area contributed by atoms with Gasteiger partial charge in [0.15, 0.2) is 6.61 Å². The van der Waals surface area contributed by atoms with E-state index in [0.29, 0.717) is 16.0 Å². The van der Waals surface area contributed by atoms with E-state index in [2.05, 4.69) is 5.32 Å². The lowest BCUT2D eigenvalue weighted by atomic mass is 10.2. The molecule has 8 heteroatoms.